The van der Waals surface area contributed by atoms with Crippen molar-refractivity contribution in [1.82, 2.24) is 9.97 Å². The summed E-state index contributed by atoms with van der Waals surface area (Å²) in [5.41, 5.74) is 0.979. The summed E-state index contributed by atoms with van der Waals surface area (Å²) in [4.78, 5) is 22.6. The molecule has 2 aromatic heterocycles. The molecule has 0 amide bonds. The van der Waals surface area contributed by atoms with Gasteiger partial charge in [-0.15, -0.1) is 11.3 Å². The molecule has 0 aliphatic carbocycles. The summed E-state index contributed by atoms with van der Waals surface area (Å²) in [6, 6.07) is 9.67. The average Bonchev–Trinajstić information content (AvgIpc) is 3.02. The van der Waals surface area contributed by atoms with Crippen LogP contribution in [-0.4, -0.2) is 29.2 Å². The fourth-order valence-corrected chi connectivity index (χ4v) is 4.51. The van der Waals surface area contributed by atoms with Crippen molar-refractivity contribution in [2.24, 2.45) is 0 Å². The zero-order chi connectivity index (χ0) is 19.2. The number of benzene rings is 1. The third-order valence-electron chi connectivity index (χ3n) is 3.76. The van der Waals surface area contributed by atoms with E-state index < -0.39 is 12.1 Å². The minimum Gasteiger partial charge on any atom is -0.466 e. The summed E-state index contributed by atoms with van der Waals surface area (Å²) < 4.78 is 11.9. The number of methoxy groups -OCH3 is 1. The predicted octanol–water partition coefficient (Wildman–Crippen LogP) is 4.22. The van der Waals surface area contributed by atoms with Gasteiger partial charge >= 0.3 is 5.97 Å². The van der Waals surface area contributed by atoms with E-state index in [0.717, 1.165) is 30.6 Å². The minimum absolute atomic E-state index is 0.372. The number of thiophene rings is 1. The zero-order valence-corrected chi connectivity index (χ0v) is 17.8. The molecule has 2 heterocycles. The van der Waals surface area contributed by atoms with Crippen LogP contribution in [0.25, 0.3) is 10.2 Å². The van der Waals surface area contributed by atoms with Crippen molar-refractivity contribution in [1.29, 1.82) is 0 Å². The summed E-state index contributed by atoms with van der Waals surface area (Å²) in [7, 11) is 1.35. The van der Waals surface area contributed by atoms with Crippen molar-refractivity contribution in [3.63, 3.8) is 0 Å². The number of carbonyl (C=O) groups is 1. The van der Waals surface area contributed by atoms with Crippen molar-refractivity contribution in [2.45, 2.75) is 25.9 Å². The molecular formula is C20H17IN2O3S. The lowest BCUT2D eigenvalue weighted by Gasteiger charge is -2.17. The molecule has 138 valence electrons. The largest absolute Gasteiger partial charge is 0.466 e. The monoisotopic (exact) mass is 492 g/mol. The van der Waals surface area contributed by atoms with Crippen LogP contribution in [0.3, 0.4) is 0 Å². The number of nitrogens with zero attached hydrogens (tertiary/aromatic N) is 2. The van der Waals surface area contributed by atoms with Crippen LogP contribution in [0.5, 0.6) is 5.88 Å². The van der Waals surface area contributed by atoms with E-state index in [1.807, 2.05) is 37.3 Å². The number of ether oxygens (including phenoxy) is 2. The van der Waals surface area contributed by atoms with Gasteiger partial charge in [0.05, 0.1) is 20.9 Å². The molecule has 0 spiro atoms. The molecule has 27 heavy (non-hydrogen) atoms. The van der Waals surface area contributed by atoms with Crippen LogP contribution < -0.4 is 4.74 Å². The second kappa shape index (κ2) is 9.15. The first-order chi connectivity index (χ1) is 13.1. The van der Waals surface area contributed by atoms with E-state index in [9.17, 15) is 4.79 Å². The van der Waals surface area contributed by atoms with Crippen molar-refractivity contribution in [3.8, 4) is 17.7 Å². The van der Waals surface area contributed by atoms with Crippen LogP contribution in [0.1, 0.15) is 23.8 Å². The van der Waals surface area contributed by atoms with Gasteiger partial charge in [0.1, 0.15) is 11.2 Å². The highest BCUT2D eigenvalue weighted by atomic mass is 127. The number of aromatic nitrogens is 2. The van der Waals surface area contributed by atoms with E-state index in [0.29, 0.717) is 12.3 Å². The molecule has 0 unspecified atom stereocenters. The second-order valence-corrected chi connectivity index (χ2v) is 7.66. The van der Waals surface area contributed by atoms with Gasteiger partial charge in [-0.3, -0.25) is 0 Å². The third-order valence-corrected chi connectivity index (χ3v) is 6.21. The normalized spacial score (nSPS) is 11.5. The summed E-state index contributed by atoms with van der Waals surface area (Å²) in [6.07, 6.45) is 1.82. The summed E-state index contributed by atoms with van der Waals surface area (Å²) in [5, 5.41) is 0.783. The van der Waals surface area contributed by atoms with Gasteiger partial charge in [-0.05, 0) is 28.2 Å². The van der Waals surface area contributed by atoms with Gasteiger partial charge < -0.3 is 9.47 Å². The molecular weight excluding hydrogens is 475 g/mol. The van der Waals surface area contributed by atoms with Gasteiger partial charge in [-0.2, -0.15) is 0 Å². The lowest BCUT2D eigenvalue weighted by atomic mass is 10.1. The Morgan fingerprint density at radius 1 is 1.30 bits per heavy atom. The first kappa shape index (κ1) is 19.6. The maximum absolute atomic E-state index is 12.3. The Morgan fingerprint density at radius 2 is 2.07 bits per heavy atom. The molecule has 0 fully saturated rings. The molecule has 0 saturated heterocycles. The fraction of sp³-hybridized carbons (Fsp3) is 0.250. The molecule has 0 aliphatic heterocycles. The van der Waals surface area contributed by atoms with Crippen molar-refractivity contribution in [2.75, 3.05) is 7.11 Å². The summed E-state index contributed by atoms with van der Waals surface area (Å²) in [5.74, 6) is 6.16. The molecule has 3 rings (SSSR count). The molecule has 0 N–H and O–H groups in total. The second-order valence-electron chi connectivity index (χ2n) is 5.58. The van der Waals surface area contributed by atoms with Gasteiger partial charge in [-0.1, -0.05) is 49.1 Å². The Kier molecular flexibility index (Phi) is 6.63. The van der Waals surface area contributed by atoms with Crippen LogP contribution >= 0.6 is 33.9 Å². The number of fused-ring (bicyclic) bond motifs is 1. The molecule has 0 aliphatic rings. The highest BCUT2D eigenvalue weighted by molar-refractivity contribution is 14.1. The van der Waals surface area contributed by atoms with Crippen molar-refractivity contribution >= 4 is 50.1 Å². The lowest BCUT2D eigenvalue weighted by molar-refractivity contribution is -0.148. The van der Waals surface area contributed by atoms with Crippen LogP contribution in [0.2, 0.25) is 0 Å². The van der Waals surface area contributed by atoms with Gasteiger partial charge in [0.25, 0.3) is 0 Å². The van der Waals surface area contributed by atoms with Gasteiger partial charge in [0.15, 0.2) is 0 Å². The Hall–Kier alpha value is -2.18. The predicted molar refractivity (Wildman–Crippen MR) is 114 cm³/mol. The molecule has 0 bridgehead atoms. The molecule has 1 atom stereocenters. The van der Waals surface area contributed by atoms with E-state index in [4.69, 9.17) is 9.47 Å². The van der Waals surface area contributed by atoms with Crippen molar-refractivity contribution < 1.29 is 14.3 Å². The SMILES string of the molecule is CCC#Cc1sc2ncnc(O[C@H](Cc3ccccc3)C(=O)OC)c2c1I. The first-order valence-corrected chi connectivity index (χ1v) is 10.2. The zero-order valence-electron chi connectivity index (χ0n) is 14.9. The standard InChI is InChI=1S/C20H17IN2O3S/c1-3-4-10-15-17(21)16-18(22-12-23-19(16)27-15)26-14(20(24)25-2)11-13-8-6-5-7-9-13/h5-9,12,14H,3,11H2,1-2H3/t14-/m1/s1. The highest BCUT2D eigenvalue weighted by Crippen LogP contribution is 2.36. The molecule has 0 saturated carbocycles. The molecule has 0 radical (unpaired) electrons. The van der Waals surface area contributed by atoms with Crippen LogP contribution in [-0.2, 0) is 16.0 Å². The number of hydrogen-bond acceptors (Lipinski definition) is 6. The summed E-state index contributed by atoms with van der Waals surface area (Å²) in [6.45, 7) is 2.01. The van der Waals surface area contributed by atoms with E-state index in [1.54, 1.807) is 0 Å². The Balaban J connectivity index is 1.97. The van der Waals surface area contributed by atoms with Crippen LogP contribution in [0.15, 0.2) is 36.7 Å². The average molecular weight is 492 g/mol. The smallest absolute Gasteiger partial charge is 0.347 e. The lowest BCUT2D eigenvalue weighted by Crippen LogP contribution is -2.31. The quantitative estimate of drug-likeness (QED) is 0.303. The highest BCUT2D eigenvalue weighted by Gasteiger charge is 2.25. The molecule has 1 aromatic carbocycles. The molecule has 7 heteroatoms. The maximum atomic E-state index is 12.3. The van der Waals surface area contributed by atoms with Gasteiger partial charge in [0, 0.05) is 12.8 Å². The van der Waals surface area contributed by atoms with Gasteiger partial charge in [0.2, 0.25) is 12.0 Å². The van der Waals surface area contributed by atoms with Crippen LogP contribution in [0.4, 0.5) is 0 Å². The number of hydrogen-bond donors (Lipinski definition) is 0. The van der Waals surface area contributed by atoms with E-state index >= 15 is 0 Å². The minimum atomic E-state index is -0.795. The maximum Gasteiger partial charge on any atom is 0.347 e. The molecule has 3 aromatic rings. The number of esters is 1. The molecule has 5 nitrogen and oxygen atoms in total. The van der Waals surface area contributed by atoms with E-state index in [1.165, 1.54) is 24.8 Å². The van der Waals surface area contributed by atoms with E-state index in [2.05, 4.69) is 44.4 Å². The number of rotatable bonds is 5. The number of halogens is 1. The Labute approximate surface area is 175 Å². The topological polar surface area (TPSA) is 61.3 Å². The Bertz CT molecular complexity index is 1010. The first-order valence-electron chi connectivity index (χ1n) is 8.34. The fourth-order valence-electron chi connectivity index (χ4n) is 2.48. The third kappa shape index (κ3) is 4.57. The van der Waals surface area contributed by atoms with E-state index in [-0.39, 0.29) is 0 Å². The van der Waals surface area contributed by atoms with Crippen LogP contribution in [0, 0.1) is 15.4 Å². The summed E-state index contributed by atoms with van der Waals surface area (Å²) >= 11 is 3.72. The van der Waals surface area contributed by atoms with Gasteiger partial charge in [-0.25, -0.2) is 14.8 Å². The Morgan fingerprint density at radius 3 is 2.78 bits per heavy atom. The number of carbonyl (C=O) groups excluding carboxylic acids is 1. The van der Waals surface area contributed by atoms with Crippen molar-refractivity contribution in [3.05, 3.63) is 50.7 Å².